The van der Waals surface area contributed by atoms with E-state index in [4.69, 9.17) is 9.47 Å². The van der Waals surface area contributed by atoms with Crippen LogP contribution in [0.1, 0.15) is 12.8 Å². The third kappa shape index (κ3) is 0.951. The SMILES string of the molecule is COC(=O)[C@@H]1[C@@H]2C=C[C@@]3(CCC(=O)[C@@H]13)O2. The molecule has 0 unspecified atom stereocenters. The van der Waals surface area contributed by atoms with Gasteiger partial charge in [-0.2, -0.15) is 0 Å². The van der Waals surface area contributed by atoms with Gasteiger partial charge >= 0.3 is 5.97 Å². The van der Waals surface area contributed by atoms with E-state index in [2.05, 4.69) is 0 Å². The van der Waals surface area contributed by atoms with Gasteiger partial charge in [-0.05, 0) is 6.42 Å². The molecule has 2 heterocycles. The van der Waals surface area contributed by atoms with Crippen LogP contribution in [0.5, 0.6) is 0 Å². The van der Waals surface area contributed by atoms with E-state index >= 15 is 0 Å². The summed E-state index contributed by atoms with van der Waals surface area (Å²) >= 11 is 0. The van der Waals surface area contributed by atoms with Gasteiger partial charge in [0.2, 0.25) is 0 Å². The van der Waals surface area contributed by atoms with Crippen LogP contribution in [0, 0.1) is 11.8 Å². The molecule has 0 amide bonds. The molecule has 2 bridgehead atoms. The van der Waals surface area contributed by atoms with Gasteiger partial charge in [-0.25, -0.2) is 0 Å². The van der Waals surface area contributed by atoms with Gasteiger partial charge in [-0.3, -0.25) is 9.59 Å². The van der Waals surface area contributed by atoms with E-state index in [0.717, 1.165) is 0 Å². The zero-order valence-electron chi connectivity index (χ0n) is 8.43. The molecule has 2 fully saturated rings. The minimum atomic E-state index is -0.486. The quantitative estimate of drug-likeness (QED) is 0.464. The largest absolute Gasteiger partial charge is 0.469 e. The van der Waals surface area contributed by atoms with Crippen LogP contribution in [0.15, 0.2) is 12.2 Å². The Bertz CT molecular complexity index is 373. The van der Waals surface area contributed by atoms with Crippen molar-refractivity contribution in [1.82, 2.24) is 0 Å². The number of hydrogen-bond donors (Lipinski definition) is 0. The molecule has 4 heteroatoms. The van der Waals surface area contributed by atoms with E-state index in [0.29, 0.717) is 12.8 Å². The third-order valence-electron chi connectivity index (χ3n) is 3.75. The standard InChI is InChI=1S/C11H12O4/c1-14-10(13)8-7-3-5-11(15-7)4-2-6(12)9(8)11/h3,5,7-9H,2,4H2,1H3/t7-,8+,9-,11+/m0/s1. The van der Waals surface area contributed by atoms with Gasteiger partial charge in [-0.15, -0.1) is 0 Å². The lowest BCUT2D eigenvalue weighted by Gasteiger charge is -2.23. The predicted octanol–water partition coefficient (Wildman–Crippen LogP) is 0.462. The molecule has 1 aliphatic carbocycles. The van der Waals surface area contributed by atoms with Crippen LogP contribution in [-0.2, 0) is 19.1 Å². The second-order valence-corrected chi connectivity index (χ2v) is 4.39. The summed E-state index contributed by atoms with van der Waals surface area (Å²) in [5.41, 5.74) is -0.486. The summed E-state index contributed by atoms with van der Waals surface area (Å²) in [4.78, 5) is 23.3. The number of esters is 1. The Labute approximate surface area is 87.2 Å². The van der Waals surface area contributed by atoms with Gasteiger partial charge in [0.15, 0.2) is 0 Å². The Balaban J connectivity index is 2.02. The highest BCUT2D eigenvalue weighted by Crippen LogP contribution is 2.54. The van der Waals surface area contributed by atoms with E-state index in [-0.39, 0.29) is 23.8 Å². The first-order valence-corrected chi connectivity index (χ1v) is 5.16. The number of hydrogen-bond acceptors (Lipinski definition) is 4. The van der Waals surface area contributed by atoms with Crippen LogP contribution in [0.25, 0.3) is 0 Å². The van der Waals surface area contributed by atoms with Crippen molar-refractivity contribution < 1.29 is 19.1 Å². The summed E-state index contributed by atoms with van der Waals surface area (Å²) in [6.07, 6.45) is 4.79. The second kappa shape index (κ2) is 2.70. The van der Waals surface area contributed by atoms with Crippen LogP contribution in [-0.4, -0.2) is 30.6 Å². The predicted molar refractivity (Wildman–Crippen MR) is 50.0 cm³/mol. The zero-order valence-corrected chi connectivity index (χ0v) is 8.43. The smallest absolute Gasteiger partial charge is 0.312 e. The van der Waals surface area contributed by atoms with Crippen LogP contribution >= 0.6 is 0 Å². The average Bonchev–Trinajstić information content (AvgIpc) is 2.88. The molecule has 3 aliphatic rings. The van der Waals surface area contributed by atoms with Gasteiger partial charge in [0.25, 0.3) is 0 Å². The highest BCUT2D eigenvalue weighted by atomic mass is 16.5. The molecule has 80 valence electrons. The monoisotopic (exact) mass is 208 g/mol. The molecule has 3 rings (SSSR count). The van der Waals surface area contributed by atoms with Crippen LogP contribution in [0.4, 0.5) is 0 Å². The molecular formula is C11H12O4. The van der Waals surface area contributed by atoms with Crippen molar-refractivity contribution in [2.45, 2.75) is 24.5 Å². The molecule has 0 N–H and O–H groups in total. The summed E-state index contributed by atoms with van der Waals surface area (Å²) in [7, 11) is 1.35. The van der Waals surface area contributed by atoms with E-state index in [1.54, 1.807) is 0 Å². The highest BCUT2D eigenvalue weighted by Gasteiger charge is 2.64. The number of ketones is 1. The summed E-state index contributed by atoms with van der Waals surface area (Å²) in [5, 5.41) is 0. The number of fused-ring (bicyclic) bond motifs is 1. The van der Waals surface area contributed by atoms with Crippen molar-refractivity contribution in [3.8, 4) is 0 Å². The number of Topliss-reactive ketones (excluding diaryl/α,β-unsaturated/α-hetero) is 1. The Kier molecular flexibility index (Phi) is 1.63. The fourth-order valence-corrected chi connectivity index (χ4v) is 3.10. The Morgan fingerprint density at radius 3 is 3.20 bits per heavy atom. The minimum Gasteiger partial charge on any atom is -0.469 e. The molecule has 1 saturated carbocycles. The molecule has 0 aromatic carbocycles. The number of carbonyl (C=O) groups excluding carboxylic acids is 2. The van der Waals surface area contributed by atoms with Gasteiger partial charge in [0.05, 0.1) is 30.7 Å². The van der Waals surface area contributed by atoms with E-state index in [1.807, 2.05) is 12.2 Å². The molecule has 1 saturated heterocycles. The minimum absolute atomic E-state index is 0.136. The lowest BCUT2D eigenvalue weighted by atomic mass is 9.77. The zero-order chi connectivity index (χ0) is 10.6. The Morgan fingerprint density at radius 2 is 2.47 bits per heavy atom. The van der Waals surface area contributed by atoms with Crippen LogP contribution in [0.2, 0.25) is 0 Å². The molecule has 4 atom stereocenters. The van der Waals surface area contributed by atoms with E-state index in [9.17, 15) is 9.59 Å². The highest BCUT2D eigenvalue weighted by molar-refractivity contribution is 5.92. The van der Waals surface area contributed by atoms with Crippen molar-refractivity contribution in [1.29, 1.82) is 0 Å². The number of methoxy groups -OCH3 is 1. The number of ether oxygens (including phenoxy) is 2. The normalized spacial score (nSPS) is 45.9. The van der Waals surface area contributed by atoms with Crippen molar-refractivity contribution in [2.24, 2.45) is 11.8 Å². The lowest BCUT2D eigenvalue weighted by Crippen LogP contribution is -2.38. The fraction of sp³-hybridized carbons (Fsp3) is 0.636. The average molecular weight is 208 g/mol. The van der Waals surface area contributed by atoms with Gasteiger partial charge < -0.3 is 9.47 Å². The Hall–Kier alpha value is -1.16. The topological polar surface area (TPSA) is 52.6 Å². The molecule has 2 aliphatic heterocycles. The second-order valence-electron chi connectivity index (χ2n) is 4.39. The van der Waals surface area contributed by atoms with Gasteiger partial charge in [0.1, 0.15) is 5.78 Å². The first-order valence-electron chi connectivity index (χ1n) is 5.16. The summed E-state index contributed by atoms with van der Waals surface area (Å²) in [6.45, 7) is 0. The molecule has 0 radical (unpaired) electrons. The molecular weight excluding hydrogens is 196 g/mol. The number of rotatable bonds is 1. The third-order valence-corrected chi connectivity index (χ3v) is 3.75. The Morgan fingerprint density at radius 1 is 1.67 bits per heavy atom. The number of carbonyl (C=O) groups is 2. The van der Waals surface area contributed by atoms with Crippen molar-refractivity contribution in [2.75, 3.05) is 7.11 Å². The van der Waals surface area contributed by atoms with E-state index < -0.39 is 11.5 Å². The molecule has 0 aromatic heterocycles. The van der Waals surface area contributed by atoms with Crippen LogP contribution < -0.4 is 0 Å². The lowest BCUT2D eigenvalue weighted by molar-refractivity contribution is -0.149. The molecule has 1 spiro atoms. The molecule has 15 heavy (non-hydrogen) atoms. The summed E-state index contributed by atoms with van der Waals surface area (Å²) in [5.74, 6) is -0.918. The maximum Gasteiger partial charge on any atom is 0.312 e. The van der Waals surface area contributed by atoms with Crippen LogP contribution in [0.3, 0.4) is 0 Å². The van der Waals surface area contributed by atoms with Crippen molar-refractivity contribution in [3.05, 3.63) is 12.2 Å². The molecule has 0 aromatic rings. The fourth-order valence-electron chi connectivity index (χ4n) is 3.10. The molecule has 4 nitrogen and oxygen atoms in total. The van der Waals surface area contributed by atoms with Crippen molar-refractivity contribution >= 4 is 11.8 Å². The van der Waals surface area contributed by atoms with E-state index in [1.165, 1.54) is 7.11 Å². The van der Waals surface area contributed by atoms with Gasteiger partial charge in [0, 0.05) is 6.42 Å². The maximum absolute atomic E-state index is 11.7. The first-order chi connectivity index (χ1) is 7.18. The summed E-state index contributed by atoms with van der Waals surface area (Å²) in [6, 6.07) is 0. The maximum atomic E-state index is 11.7. The first kappa shape index (κ1) is 9.09. The van der Waals surface area contributed by atoms with Gasteiger partial charge in [-0.1, -0.05) is 12.2 Å². The van der Waals surface area contributed by atoms with Crippen molar-refractivity contribution in [3.63, 3.8) is 0 Å². The summed E-state index contributed by atoms with van der Waals surface area (Å²) < 4.78 is 10.5.